The number of fused-ring (bicyclic) bond motifs is 2. The first-order chi connectivity index (χ1) is 22.7. The van der Waals surface area contributed by atoms with E-state index in [1.807, 2.05) is 85.2 Å². The van der Waals surface area contributed by atoms with E-state index in [4.69, 9.17) is 27.9 Å². The second-order valence-electron chi connectivity index (χ2n) is 12.2. The van der Waals surface area contributed by atoms with Gasteiger partial charge in [0.2, 0.25) is 11.8 Å². The number of benzene rings is 3. The van der Waals surface area contributed by atoms with Crippen molar-refractivity contribution < 1.29 is 19.1 Å². The standard InChI is InChI=1S/C29H33ClN4O4.C6H5Cl.C2H6/c1-18-4-7-24(38-20-9-14-34(15-10-20)28(37)33-12-2-3-13-33)21(16-18)26-29(11-8-25(35)32-26)22-6-5-19(30)17-23(22)31-27(29)36;7-6-4-2-1-3-5-6;1-2/h4-7,16-17,20,26H,2-3,8-15H2,1H3,(H,31,36)(H,32,35);1-5H;1-2H3/t26-,29-;;/m1../s1. The Morgan fingerprint density at radius 3 is 2.21 bits per heavy atom. The van der Waals surface area contributed by atoms with Gasteiger partial charge < -0.3 is 25.2 Å². The molecule has 0 radical (unpaired) electrons. The van der Waals surface area contributed by atoms with Gasteiger partial charge in [-0.2, -0.15) is 0 Å². The maximum absolute atomic E-state index is 13.6. The van der Waals surface area contributed by atoms with Crippen molar-refractivity contribution in [3.8, 4) is 5.75 Å². The number of aryl methyl sites for hydroxylation is 1. The molecule has 3 aromatic rings. The Morgan fingerprint density at radius 1 is 0.872 bits per heavy atom. The van der Waals surface area contributed by atoms with Crippen LogP contribution in [0.25, 0.3) is 0 Å². The van der Waals surface area contributed by atoms with E-state index in [-0.39, 0.29) is 30.4 Å². The van der Waals surface area contributed by atoms with Crippen LogP contribution in [0.1, 0.15) is 75.1 Å². The number of ether oxygens (including phenoxy) is 1. The lowest BCUT2D eigenvalue weighted by atomic mass is 9.67. The third-order valence-electron chi connectivity index (χ3n) is 9.25. The van der Waals surface area contributed by atoms with Gasteiger partial charge in [0.25, 0.3) is 0 Å². The van der Waals surface area contributed by atoms with Gasteiger partial charge in [-0.25, -0.2) is 4.79 Å². The van der Waals surface area contributed by atoms with Crippen molar-refractivity contribution in [1.82, 2.24) is 15.1 Å². The molecule has 0 aliphatic carbocycles. The van der Waals surface area contributed by atoms with E-state index in [0.717, 1.165) is 60.5 Å². The molecule has 4 aliphatic rings. The minimum atomic E-state index is -0.953. The molecule has 3 saturated heterocycles. The highest BCUT2D eigenvalue weighted by Crippen LogP contribution is 2.53. The third kappa shape index (κ3) is 7.54. The monoisotopic (exact) mass is 678 g/mol. The molecule has 10 heteroatoms. The van der Waals surface area contributed by atoms with Crippen molar-refractivity contribution in [2.45, 2.75) is 76.9 Å². The molecule has 250 valence electrons. The molecule has 0 aromatic heterocycles. The number of rotatable bonds is 3. The smallest absolute Gasteiger partial charge is 0.320 e. The van der Waals surface area contributed by atoms with Crippen LogP contribution in [0.5, 0.6) is 5.75 Å². The largest absolute Gasteiger partial charge is 0.490 e. The van der Waals surface area contributed by atoms with Gasteiger partial charge in [0.15, 0.2) is 0 Å². The van der Waals surface area contributed by atoms with Gasteiger partial charge in [-0.05, 0) is 62.1 Å². The second-order valence-corrected chi connectivity index (χ2v) is 13.1. The average Bonchev–Trinajstić information content (AvgIpc) is 3.71. The predicted octanol–water partition coefficient (Wildman–Crippen LogP) is 7.91. The summed E-state index contributed by atoms with van der Waals surface area (Å²) in [5.41, 5.74) is 2.40. The number of hydrogen-bond acceptors (Lipinski definition) is 4. The number of nitrogens with one attached hydrogen (secondary N) is 2. The molecule has 1 spiro atoms. The molecule has 2 atom stereocenters. The van der Waals surface area contributed by atoms with Crippen LogP contribution in [0, 0.1) is 6.92 Å². The van der Waals surface area contributed by atoms with Crippen molar-refractivity contribution in [3.05, 3.63) is 93.5 Å². The summed E-state index contributed by atoms with van der Waals surface area (Å²) in [6, 6.07) is 20.4. The number of likely N-dealkylation sites (tertiary alicyclic amines) is 2. The van der Waals surface area contributed by atoms with Gasteiger partial charge in [-0.1, -0.05) is 79.0 Å². The summed E-state index contributed by atoms with van der Waals surface area (Å²) < 4.78 is 6.57. The molecule has 3 aromatic carbocycles. The number of carbonyl (C=O) groups is 3. The second kappa shape index (κ2) is 15.4. The third-order valence-corrected chi connectivity index (χ3v) is 9.74. The molecule has 47 heavy (non-hydrogen) atoms. The fourth-order valence-electron chi connectivity index (χ4n) is 6.92. The Hall–Kier alpha value is -3.75. The molecular weight excluding hydrogens is 635 g/mol. The Morgan fingerprint density at radius 2 is 1.55 bits per heavy atom. The lowest BCUT2D eigenvalue weighted by Crippen LogP contribution is -2.52. The van der Waals surface area contributed by atoms with Gasteiger partial charge in [0.1, 0.15) is 17.3 Å². The van der Waals surface area contributed by atoms with Gasteiger partial charge >= 0.3 is 6.03 Å². The summed E-state index contributed by atoms with van der Waals surface area (Å²) >= 11 is 11.8. The van der Waals surface area contributed by atoms with Crippen molar-refractivity contribution in [2.75, 3.05) is 31.5 Å². The normalized spacial score (nSPS) is 21.9. The number of halogens is 2. The summed E-state index contributed by atoms with van der Waals surface area (Å²) in [4.78, 5) is 43.0. The Kier molecular flexibility index (Phi) is 11.4. The van der Waals surface area contributed by atoms with Gasteiger partial charge in [-0.15, -0.1) is 0 Å². The molecule has 4 heterocycles. The summed E-state index contributed by atoms with van der Waals surface area (Å²) in [7, 11) is 0. The van der Waals surface area contributed by atoms with Crippen LogP contribution >= 0.6 is 23.2 Å². The highest BCUT2D eigenvalue weighted by molar-refractivity contribution is 6.31. The fourth-order valence-corrected chi connectivity index (χ4v) is 7.24. The molecule has 7 rings (SSSR count). The van der Waals surface area contributed by atoms with E-state index in [1.54, 1.807) is 12.1 Å². The maximum Gasteiger partial charge on any atom is 0.320 e. The number of anilines is 1. The molecule has 8 nitrogen and oxygen atoms in total. The zero-order chi connectivity index (χ0) is 33.6. The topological polar surface area (TPSA) is 91.0 Å². The van der Waals surface area contributed by atoms with E-state index in [9.17, 15) is 14.4 Å². The number of carbonyl (C=O) groups excluding carboxylic acids is 3. The first kappa shape index (κ1) is 34.6. The molecule has 0 bridgehead atoms. The highest BCUT2D eigenvalue weighted by Gasteiger charge is 2.56. The van der Waals surface area contributed by atoms with Gasteiger partial charge in [0.05, 0.1) is 6.04 Å². The van der Waals surface area contributed by atoms with Crippen molar-refractivity contribution in [2.24, 2.45) is 0 Å². The molecule has 2 N–H and O–H groups in total. The number of amides is 4. The zero-order valence-corrected chi connectivity index (χ0v) is 28.9. The lowest BCUT2D eigenvalue weighted by molar-refractivity contribution is -0.130. The van der Waals surface area contributed by atoms with Gasteiger partial charge in [0, 0.05) is 66.7 Å². The van der Waals surface area contributed by atoms with Crippen molar-refractivity contribution in [1.29, 1.82) is 0 Å². The number of piperidine rings is 2. The van der Waals surface area contributed by atoms with E-state index < -0.39 is 11.5 Å². The Bertz CT molecular complexity index is 1570. The summed E-state index contributed by atoms with van der Waals surface area (Å²) in [5, 5.41) is 7.49. The van der Waals surface area contributed by atoms with Crippen LogP contribution in [0.2, 0.25) is 10.0 Å². The Labute approximate surface area is 287 Å². The maximum atomic E-state index is 13.6. The zero-order valence-electron chi connectivity index (χ0n) is 27.4. The van der Waals surface area contributed by atoms with Crippen LogP contribution in [0.3, 0.4) is 0 Å². The molecule has 4 aliphatic heterocycles. The highest BCUT2D eigenvalue weighted by atomic mass is 35.5. The average molecular weight is 680 g/mol. The van der Waals surface area contributed by atoms with E-state index in [2.05, 4.69) is 10.6 Å². The molecule has 3 fully saturated rings. The van der Waals surface area contributed by atoms with E-state index in [0.29, 0.717) is 36.0 Å². The molecule has 0 unspecified atom stereocenters. The van der Waals surface area contributed by atoms with Crippen LogP contribution in [0.4, 0.5) is 10.5 Å². The summed E-state index contributed by atoms with van der Waals surface area (Å²) in [5.74, 6) is 0.444. The molecule has 0 saturated carbocycles. The number of urea groups is 1. The van der Waals surface area contributed by atoms with E-state index >= 15 is 0 Å². The molecule has 4 amide bonds. The quantitative estimate of drug-likeness (QED) is 0.295. The summed E-state index contributed by atoms with van der Waals surface area (Å²) in [6.07, 6.45) is 4.23. The summed E-state index contributed by atoms with van der Waals surface area (Å²) in [6.45, 7) is 9.00. The first-order valence-corrected chi connectivity index (χ1v) is 17.4. The van der Waals surface area contributed by atoms with Crippen LogP contribution < -0.4 is 15.4 Å². The van der Waals surface area contributed by atoms with Gasteiger partial charge in [-0.3, -0.25) is 9.59 Å². The Balaban J connectivity index is 0.000000423. The number of hydrogen-bond donors (Lipinski definition) is 2. The minimum Gasteiger partial charge on any atom is -0.490 e. The van der Waals surface area contributed by atoms with Crippen molar-refractivity contribution in [3.63, 3.8) is 0 Å². The first-order valence-electron chi connectivity index (χ1n) is 16.7. The van der Waals surface area contributed by atoms with Crippen LogP contribution in [-0.4, -0.2) is 59.9 Å². The van der Waals surface area contributed by atoms with Crippen molar-refractivity contribution >= 4 is 46.7 Å². The number of nitrogens with zero attached hydrogens (tertiary/aromatic N) is 2. The van der Waals surface area contributed by atoms with Crippen LogP contribution in [0.15, 0.2) is 66.7 Å². The predicted molar refractivity (Wildman–Crippen MR) is 187 cm³/mol. The molecular formula is C37H44Cl2N4O4. The van der Waals surface area contributed by atoms with E-state index in [1.165, 1.54) is 0 Å². The fraction of sp³-hybridized carbons (Fsp3) is 0.432. The van der Waals surface area contributed by atoms with Crippen LogP contribution in [-0.2, 0) is 15.0 Å². The minimum absolute atomic E-state index is 0.0576. The lowest BCUT2D eigenvalue weighted by Gasteiger charge is -2.41. The SMILES string of the molecule is CC.Cc1ccc(OC2CCN(C(=O)N3CCCC3)CC2)c([C@H]2NC(=O)CC[C@]23C(=O)Nc2cc(Cl)ccc23)c1.Clc1ccccc1.